The highest BCUT2D eigenvalue weighted by Crippen LogP contribution is 2.24. The molecule has 0 saturated heterocycles. The van der Waals surface area contributed by atoms with Crippen molar-refractivity contribution in [1.82, 2.24) is 4.98 Å². The maximum Gasteiger partial charge on any atom is 0.355 e. The van der Waals surface area contributed by atoms with Gasteiger partial charge in [0.15, 0.2) is 5.69 Å². The number of nitrogens with zero attached hydrogens (tertiary/aromatic N) is 1. The molecule has 15 heavy (non-hydrogen) atoms. The van der Waals surface area contributed by atoms with Crippen molar-refractivity contribution in [2.45, 2.75) is 13.0 Å². The van der Waals surface area contributed by atoms with Crippen LogP contribution in [0.2, 0.25) is 0 Å². The molecule has 0 saturated carbocycles. The number of aromatic nitrogens is 1. The van der Waals surface area contributed by atoms with Gasteiger partial charge in [-0.2, -0.15) is 0 Å². The van der Waals surface area contributed by atoms with Crippen LogP contribution in [0.4, 0.5) is 8.78 Å². The molecule has 1 aromatic rings. The van der Waals surface area contributed by atoms with Crippen molar-refractivity contribution in [3.63, 3.8) is 0 Å². The molecule has 0 aliphatic carbocycles. The van der Waals surface area contributed by atoms with E-state index < -0.39 is 23.7 Å². The molecule has 3 N–H and O–H groups in total. The number of hydrogen-bond donors (Lipinski definition) is 2. The van der Waals surface area contributed by atoms with Crippen LogP contribution in [0.1, 0.15) is 28.0 Å². The van der Waals surface area contributed by atoms with Crippen LogP contribution in [0.5, 0.6) is 0 Å². The van der Waals surface area contributed by atoms with Crippen molar-refractivity contribution in [1.29, 1.82) is 0 Å². The van der Waals surface area contributed by atoms with Crippen LogP contribution < -0.4 is 5.73 Å². The number of carboxylic acids is 1. The monoisotopic (exact) mass is 328 g/mol. The Hall–Kier alpha value is -0.830. The number of nitrogens with two attached hydrogens (primary N) is 1. The van der Waals surface area contributed by atoms with Gasteiger partial charge < -0.3 is 10.8 Å². The minimum Gasteiger partial charge on any atom is -0.476 e. The molecule has 1 heterocycles. The molecule has 0 aromatic carbocycles. The van der Waals surface area contributed by atoms with Crippen LogP contribution in [0.3, 0.4) is 0 Å². The lowest BCUT2D eigenvalue weighted by molar-refractivity contribution is 0.0676. The molecule has 0 radical (unpaired) electrons. The lowest BCUT2D eigenvalue weighted by Crippen LogP contribution is -2.11. The Morgan fingerprint density at radius 2 is 2.27 bits per heavy atom. The lowest BCUT2D eigenvalue weighted by Gasteiger charge is -2.08. The van der Waals surface area contributed by atoms with Gasteiger partial charge in [-0.25, -0.2) is 18.6 Å². The number of carbonyl (C=O) groups is 1. The second-order valence-electron chi connectivity index (χ2n) is 2.69. The topological polar surface area (TPSA) is 76.2 Å². The van der Waals surface area contributed by atoms with E-state index in [0.717, 1.165) is 6.07 Å². The molecule has 1 aromatic heterocycles. The fraction of sp³-hybridized carbons (Fsp3) is 0.250. The highest BCUT2D eigenvalue weighted by molar-refractivity contribution is 14.1. The Kier molecular flexibility index (Phi) is 3.91. The molecule has 1 rings (SSSR count). The molecule has 0 fully saturated rings. The summed E-state index contributed by atoms with van der Waals surface area (Å²) in [7, 11) is 0. The van der Waals surface area contributed by atoms with Crippen molar-refractivity contribution in [2.24, 2.45) is 5.73 Å². The normalized spacial score (nSPS) is 10.7. The van der Waals surface area contributed by atoms with Gasteiger partial charge in [-0.1, -0.05) is 0 Å². The zero-order valence-corrected chi connectivity index (χ0v) is 9.53. The van der Waals surface area contributed by atoms with E-state index in [2.05, 4.69) is 4.98 Å². The third-order valence-electron chi connectivity index (χ3n) is 1.74. The average Bonchev–Trinajstić information content (AvgIpc) is 2.16. The second-order valence-corrected chi connectivity index (χ2v) is 3.71. The Morgan fingerprint density at radius 3 is 2.67 bits per heavy atom. The summed E-state index contributed by atoms with van der Waals surface area (Å²) in [4.78, 5) is 14.2. The Balaban J connectivity index is 3.38. The molecule has 0 amide bonds. The van der Waals surface area contributed by atoms with Crippen LogP contribution in [-0.4, -0.2) is 16.1 Å². The molecule has 0 spiro atoms. The summed E-state index contributed by atoms with van der Waals surface area (Å²) < 4.78 is 25.3. The molecule has 4 nitrogen and oxygen atoms in total. The van der Waals surface area contributed by atoms with Gasteiger partial charge in [0.2, 0.25) is 0 Å². The maximum atomic E-state index is 12.5. The molecule has 82 valence electrons. The van der Waals surface area contributed by atoms with E-state index in [0.29, 0.717) is 9.26 Å². The van der Waals surface area contributed by atoms with Gasteiger partial charge in [0.25, 0.3) is 6.43 Å². The summed E-state index contributed by atoms with van der Waals surface area (Å²) in [5.41, 5.74) is 4.51. The number of carboxylic acid groups (broad SMARTS) is 1. The van der Waals surface area contributed by atoms with Gasteiger partial charge in [0.05, 0.1) is 5.56 Å². The van der Waals surface area contributed by atoms with E-state index in [9.17, 15) is 13.6 Å². The van der Waals surface area contributed by atoms with E-state index in [1.54, 1.807) is 22.6 Å². The van der Waals surface area contributed by atoms with Gasteiger partial charge in [-0.05, 0) is 34.2 Å². The van der Waals surface area contributed by atoms with Gasteiger partial charge in [0.1, 0.15) is 3.70 Å². The van der Waals surface area contributed by atoms with E-state index in [4.69, 9.17) is 10.8 Å². The van der Waals surface area contributed by atoms with Crippen LogP contribution in [0.15, 0.2) is 6.07 Å². The molecule has 0 aliphatic rings. The molecule has 7 heteroatoms. The molecule has 0 aliphatic heterocycles. The molecule has 0 unspecified atom stereocenters. The van der Waals surface area contributed by atoms with Gasteiger partial charge >= 0.3 is 5.97 Å². The largest absolute Gasteiger partial charge is 0.476 e. The van der Waals surface area contributed by atoms with Gasteiger partial charge in [0, 0.05) is 6.54 Å². The van der Waals surface area contributed by atoms with E-state index >= 15 is 0 Å². The summed E-state index contributed by atoms with van der Waals surface area (Å²) in [5, 5.41) is 8.67. The highest BCUT2D eigenvalue weighted by atomic mass is 127. The SMILES string of the molecule is NCc1cc(C(F)F)c(C(=O)O)nc1I. The van der Waals surface area contributed by atoms with E-state index in [1.165, 1.54) is 0 Å². The number of halogens is 3. The first-order valence-corrected chi connectivity index (χ1v) is 4.96. The quantitative estimate of drug-likeness (QED) is 0.655. The van der Waals surface area contributed by atoms with Gasteiger partial charge in [-0.3, -0.25) is 0 Å². The van der Waals surface area contributed by atoms with Gasteiger partial charge in [-0.15, -0.1) is 0 Å². The smallest absolute Gasteiger partial charge is 0.355 e. The third kappa shape index (κ3) is 2.59. The maximum absolute atomic E-state index is 12.5. The highest BCUT2D eigenvalue weighted by Gasteiger charge is 2.21. The van der Waals surface area contributed by atoms with Crippen LogP contribution in [0.25, 0.3) is 0 Å². The summed E-state index contributed by atoms with van der Waals surface area (Å²) in [6.07, 6.45) is -2.87. The lowest BCUT2D eigenvalue weighted by atomic mass is 10.1. The number of pyridine rings is 1. The zero-order chi connectivity index (χ0) is 11.6. The molecule has 0 atom stereocenters. The predicted molar refractivity (Wildman–Crippen MR) is 56.8 cm³/mol. The minimum absolute atomic E-state index is 0.0465. The average molecular weight is 328 g/mol. The molecule has 0 bridgehead atoms. The van der Waals surface area contributed by atoms with E-state index in [1.807, 2.05) is 0 Å². The van der Waals surface area contributed by atoms with Crippen molar-refractivity contribution in [2.75, 3.05) is 0 Å². The number of rotatable bonds is 3. The Labute approximate surface area is 97.6 Å². The first kappa shape index (κ1) is 12.2. The Bertz CT molecular complexity index is 398. The fourth-order valence-corrected chi connectivity index (χ4v) is 1.65. The van der Waals surface area contributed by atoms with Crippen LogP contribution in [0, 0.1) is 3.70 Å². The molecular weight excluding hydrogens is 321 g/mol. The third-order valence-corrected chi connectivity index (χ3v) is 2.67. The first-order chi connectivity index (χ1) is 6.97. The summed E-state index contributed by atoms with van der Waals surface area (Å²) in [6, 6.07) is 1.09. The summed E-state index contributed by atoms with van der Waals surface area (Å²) >= 11 is 1.76. The van der Waals surface area contributed by atoms with Crippen molar-refractivity contribution in [3.8, 4) is 0 Å². The molecular formula is C8H7F2IN2O2. The number of hydrogen-bond acceptors (Lipinski definition) is 3. The first-order valence-electron chi connectivity index (χ1n) is 3.88. The summed E-state index contributed by atoms with van der Waals surface area (Å²) in [6.45, 7) is 0.0465. The van der Waals surface area contributed by atoms with Crippen molar-refractivity contribution < 1.29 is 18.7 Å². The van der Waals surface area contributed by atoms with Crippen molar-refractivity contribution in [3.05, 3.63) is 26.6 Å². The van der Waals surface area contributed by atoms with Crippen molar-refractivity contribution >= 4 is 28.6 Å². The number of aromatic carboxylic acids is 1. The van der Waals surface area contributed by atoms with Crippen LogP contribution in [-0.2, 0) is 6.54 Å². The van der Waals surface area contributed by atoms with E-state index in [-0.39, 0.29) is 6.54 Å². The predicted octanol–water partition coefficient (Wildman–Crippen LogP) is 1.78. The minimum atomic E-state index is -2.87. The Morgan fingerprint density at radius 1 is 1.67 bits per heavy atom. The standard InChI is InChI=1S/C8H7F2IN2O2/c9-6(10)4-1-3(2-12)7(11)13-5(4)8(14)15/h1,6H,2,12H2,(H,14,15). The second kappa shape index (κ2) is 4.79. The number of alkyl halides is 2. The zero-order valence-electron chi connectivity index (χ0n) is 7.38. The van der Waals surface area contributed by atoms with Crippen LogP contribution >= 0.6 is 22.6 Å². The summed E-state index contributed by atoms with van der Waals surface area (Å²) in [5.74, 6) is -1.47. The fourth-order valence-electron chi connectivity index (χ4n) is 1.03.